The molecule has 0 saturated carbocycles. The minimum absolute atomic E-state index is 0.813. The topological polar surface area (TPSA) is 25.4 Å². The maximum atomic E-state index is 5.43. The second-order valence-electron chi connectivity index (χ2n) is 5.05. The molecule has 1 fully saturated rings. The Kier molecular flexibility index (Phi) is 4.28. The zero-order valence-electron chi connectivity index (χ0n) is 11.7. The third-order valence-corrected chi connectivity index (χ3v) is 3.71. The van der Waals surface area contributed by atoms with Crippen molar-refractivity contribution in [2.45, 2.75) is 12.8 Å². The SMILES string of the molecule is c1ccc(CCc2ncccc2N2CCOCC2)cc1. The van der Waals surface area contributed by atoms with Crippen LogP contribution in [0.2, 0.25) is 0 Å². The summed E-state index contributed by atoms with van der Waals surface area (Å²) >= 11 is 0. The maximum absolute atomic E-state index is 5.43. The second-order valence-corrected chi connectivity index (χ2v) is 5.05. The van der Waals surface area contributed by atoms with Crippen LogP contribution in [0.4, 0.5) is 5.69 Å². The second kappa shape index (κ2) is 6.53. The van der Waals surface area contributed by atoms with E-state index in [0.717, 1.165) is 39.1 Å². The summed E-state index contributed by atoms with van der Waals surface area (Å²) in [5.41, 5.74) is 3.83. The summed E-state index contributed by atoms with van der Waals surface area (Å²) in [5, 5.41) is 0. The van der Waals surface area contributed by atoms with Crippen molar-refractivity contribution in [3.05, 3.63) is 59.9 Å². The fourth-order valence-electron chi connectivity index (χ4n) is 2.62. The molecule has 1 saturated heterocycles. The number of benzene rings is 1. The summed E-state index contributed by atoms with van der Waals surface area (Å²) < 4.78 is 5.43. The summed E-state index contributed by atoms with van der Waals surface area (Å²) in [6.45, 7) is 3.55. The van der Waals surface area contributed by atoms with E-state index in [1.54, 1.807) is 0 Å². The molecule has 0 atom stereocenters. The van der Waals surface area contributed by atoms with Crippen LogP contribution < -0.4 is 4.90 Å². The Morgan fingerprint density at radius 3 is 2.55 bits per heavy atom. The van der Waals surface area contributed by atoms with Crippen LogP contribution in [-0.4, -0.2) is 31.3 Å². The molecule has 1 aromatic heterocycles. The number of ether oxygens (including phenoxy) is 1. The summed E-state index contributed by atoms with van der Waals surface area (Å²) in [4.78, 5) is 6.97. The molecule has 0 unspecified atom stereocenters. The molecule has 3 heteroatoms. The number of hydrogen-bond acceptors (Lipinski definition) is 3. The number of anilines is 1. The van der Waals surface area contributed by atoms with Crippen LogP contribution in [0, 0.1) is 0 Å². The van der Waals surface area contributed by atoms with Crippen LogP contribution >= 0.6 is 0 Å². The van der Waals surface area contributed by atoms with Crippen molar-refractivity contribution in [3.8, 4) is 0 Å². The lowest BCUT2D eigenvalue weighted by molar-refractivity contribution is 0.122. The van der Waals surface area contributed by atoms with Gasteiger partial charge in [0, 0.05) is 19.3 Å². The Bertz CT molecular complexity index is 536. The van der Waals surface area contributed by atoms with Gasteiger partial charge in [0.25, 0.3) is 0 Å². The third-order valence-electron chi connectivity index (χ3n) is 3.71. The van der Waals surface area contributed by atoms with Crippen molar-refractivity contribution in [3.63, 3.8) is 0 Å². The first-order chi connectivity index (χ1) is 9.93. The summed E-state index contributed by atoms with van der Waals surface area (Å²) in [6, 6.07) is 14.8. The number of morpholine rings is 1. The Balaban J connectivity index is 1.72. The number of aryl methyl sites for hydroxylation is 2. The number of hydrogen-bond donors (Lipinski definition) is 0. The standard InChI is InChI=1S/C17H20N2O/c1-2-5-15(6-3-1)8-9-16-17(7-4-10-18-16)19-11-13-20-14-12-19/h1-7,10H,8-9,11-14H2. The molecule has 1 aliphatic heterocycles. The van der Waals surface area contributed by atoms with Gasteiger partial charge in [0.2, 0.25) is 0 Å². The summed E-state index contributed by atoms with van der Waals surface area (Å²) in [5.74, 6) is 0. The minimum Gasteiger partial charge on any atom is -0.378 e. The lowest BCUT2D eigenvalue weighted by atomic mass is 10.1. The molecule has 1 aromatic carbocycles. The van der Waals surface area contributed by atoms with E-state index in [0.29, 0.717) is 0 Å². The molecule has 1 aliphatic rings. The first-order valence-corrected chi connectivity index (χ1v) is 7.24. The quantitative estimate of drug-likeness (QED) is 0.852. The van der Waals surface area contributed by atoms with Gasteiger partial charge in [0.1, 0.15) is 0 Å². The molecular formula is C17H20N2O. The van der Waals surface area contributed by atoms with E-state index in [1.807, 2.05) is 12.3 Å². The first-order valence-electron chi connectivity index (χ1n) is 7.24. The highest BCUT2D eigenvalue weighted by Crippen LogP contribution is 2.21. The zero-order valence-corrected chi connectivity index (χ0v) is 11.7. The molecule has 0 radical (unpaired) electrons. The van der Waals surface area contributed by atoms with E-state index in [2.05, 4.69) is 46.3 Å². The molecule has 0 spiro atoms. The van der Waals surface area contributed by atoms with Gasteiger partial charge in [-0.1, -0.05) is 30.3 Å². The Labute approximate surface area is 120 Å². The van der Waals surface area contributed by atoms with Crippen molar-refractivity contribution in [2.75, 3.05) is 31.2 Å². The third kappa shape index (κ3) is 3.17. The summed E-state index contributed by atoms with van der Waals surface area (Å²) in [6.07, 6.45) is 3.91. The van der Waals surface area contributed by atoms with Crippen molar-refractivity contribution in [1.29, 1.82) is 0 Å². The number of rotatable bonds is 4. The van der Waals surface area contributed by atoms with Gasteiger partial charge in [-0.05, 0) is 30.5 Å². The van der Waals surface area contributed by atoms with Crippen LogP contribution in [0.15, 0.2) is 48.7 Å². The van der Waals surface area contributed by atoms with Gasteiger partial charge in [-0.25, -0.2) is 0 Å². The van der Waals surface area contributed by atoms with Crippen molar-refractivity contribution in [1.82, 2.24) is 4.98 Å². The van der Waals surface area contributed by atoms with Gasteiger partial charge >= 0.3 is 0 Å². The normalized spacial score (nSPS) is 15.3. The van der Waals surface area contributed by atoms with Crippen molar-refractivity contribution in [2.24, 2.45) is 0 Å². The van der Waals surface area contributed by atoms with Gasteiger partial charge in [-0.2, -0.15) is 0 Å². The Morgan fingerprint density at radius 1 is 0.950 bits per heavy atom. The molecule has 3 rings (SSSR count). The average Bonchev–Trinajstić information content (AvgIpc) is 2.55. The van der Waals surface area contributed by atoms with Crippen molar-refractivity contribution >= 4 is 5.69 Å². The Hall–Kier alpha value is -1.87. The van der Waals surface area contributed by atoms with Gasteiger partial charge in [0.05, 0.1) is 24.6 Å². The fraction of sp³-hybridized carbons (Fsp3) is 0.353. The molecule has 2 aromatic rings. The molecule has 0 aliphatic carbocycles. The molecule has 0 bridgehead atoms. The highest BCUT2D eigenvalue weighted by atomic mass is 16.5. The number of pyridine rings is 1. The summed E-state index contributed by atoms with van der Waals surface area (Å²) in [7, 11) is 0. The van der Waals surface area contributed by atoms with E-state index >= 15 is 0 Å². The van der Waals surface area contributed by atoms with E-state index in [1.165, 1.54) is 16.9 Å². The lowest BCUT2D eigenvalue weighted by Crippen LogP contribution is -2.37. The monoisotopic (exact) mass is 268 g/mol. The molecule has 3 nitrogen and oxygen atoms in total. The van der Waals surface area contributed by atoms with E-state index in [-0.39, 0.29) is 0 Å². The number of aromatic nitrogens is 1. The van der Waals surface area contributed by atoms with E-state index < -0.39 is 0 Å². The molecular weight excluding hydrogens is 248 g/mol. The average molecular weight is 268 g/mol. The van der Waals surface area contributed by atoms with Crippen LogP contribution in [0.5, 0.6) is 0 Å². The largest absolute Gasteiger partial charge is 0.378 e. The first kappa shape index (κ1) is 13.1. The Morgan fingerprint density at radius 2 is 1.75 bits per heavy atom. The predicted molar refractivity (Wildman–Crippen MR) is 81.1 cm³/mol. The van der Waals surface area contributed by atoms with E-state index in [9.17, 15) is 0 Å². The van der Waals surface area contributed by atoms with Crippen LogP contribution in [0.3, 0.4) is 0 Å². The smallest absolute Gasteiger partial charge is 0.0642 e. The number of nitrogens with zero attached hydrogens (tertiary/aromatic N) is 2. The minimum atomic E-state index is 0.813. The zero-order chi connectivity index (χ0) is 13.6. The molecule has 20 heavy (non-hydrogen) atoms. The van der Waals surface area contributed by atoms with Crippen molar-refractivity contribution < 1.29 is 4.74 Å². The lowest BCUT2D eigenvalue weighted by Gasteiger charge is -2.30. The highest BCUT2D eigenvalue weighted by Gasteiger charge is 2.14. The highest BCUT2D eigenvalue weighted by molar-refractivity contribution is 5.51. The van der Waals surface area contributed by atoms with Crippen LogP contribution in [-0.2, 0) is 17.6 Å². The molecule has 0 amide bonds. The van der Waals surface area contributed by atoms with Gasteiger partial charge in [-0.3, -0.25) is 4.98 Å². The fourth-order valence-corrected chi connectivity index (χ4v) is 2.62. The van der Waals surface area contributed by atoms with Crippen LogP contribution in [0.1, 0.15) is 11.3 Å². The predicted octanol–water partition coefficient (Wildman–Crippen LogP) is 2.70. The van der Waals surface area contributed by atoms with E-state index in [4.69, 9.17) is 4.74 Å². The van der Waals surface area contributed by atoms with Gasteiger partial charge in [-0.15, -0.1) is 0 Å². The maximum Gasteiger partial charge on any atom is 0.0642 e. The van der Waals surface area contributed by atoms with Crippen LogP contribution in [0.25, 0.3) is 0 Å². The van der Waals surface area contributed by atoms with Gasteiger partial charge < -0.3 is 9.64 Å². The molecule has 2 heterocycles. The molecule has 104 valence electrons. The van der Waals surface area contributed by atoms with Gasteiger partial charge in [0.15, 0.2) is 0 Å². The molecule has 0 N–H and O–H groups in total.